The fourth-order valence-corrected chi connectivity index (χ4v) is 4.34. The summed E-state index contributed by atoms with van der Waals surface area (Å²) in [6.07, 6.45) is -0.0670. The molecule has 8 heteroatoms. The van der Waals surface area contributed by atoms with E-state index in [0.717, 1.165) is 0 Å². The van der Waals surface area contributed by atoms with Gasteiger partial charge in [-0.2, -0.15) is 5.10 Å². The summed E-state index contributed by atoms with van der Waals surface area (Å²) in [5.74, 6) is 0. The van der Waals surface area contributed by atoms with Crippen molar-refractivity contribution in [3.05, 3.63) is 10.2 Å². The standard InChI is InChI=1S/C8H13Cl2N2O2PS/c1-5(2)14-15(16,13-4)8-6(9)7(10)12(3)11-8/h5H,1-4H3. The summed E-state index contributed by atoms with van der Waals surface area (Å²) in [5.41, 5.74) is 0.410. The first-order valence-corrected chi connectivity index (χ1v) is 7.94. The lowest BCUT2D eigenvalue weighted by atomic mass is 10.5. The molecule has 1 heterocycles. The van der Waals surface area contributed by atoms with Gasteiger partial charge in [-0.1, -0.05) is 23.2 Å². The molecule has 0 fully saturated rings. The van der Waals surface area contributed by atoms with Crippen LogP contribution in [0, 0.1) is 0 Å². The van der Waals surface area contributed by atoms with Crippen molar-refractivity contribution < 1.29 is 9.05 Å². The van der Waals surface area contributed by atoms with E-state index in [-0.39, 0.29) is 6.10 Å². The normalized spacial score (nSPS) is 15.4. The molecule has 0 saturated heterocycles. The molecule has 0 aliphatic heterocycles. The third-order valence-electron chi connectivity index (χ3n) is 1.76. The largest absolute Gasteiger partial charge is 0.328 e. The predicted octanol–water partition coefficient (Wildman–Crippen LogP) is 2.73. The highest BCUT2D eigenvalue weighted by Gasteiger charge is 2.30. The van der Waals surface area contributed by atoms with Crippen LogP contribution in [0.1, 0.15) is 13.8 Å². The Balaban J connectivity index is 3.23. The van der Waals surface area contributed by atoms with Gasteiger partial charge in [0.2, 0.25) is 6.49 Å². The Hall–Kier alpha value is 0.360. The predicted molar refractivity (Wildman–Crippen MR) is 70.4 cm³/mol. The Morgan fingerprint density at radius 1 is 1.44 bits per heavy atom. The minimum absolute atomic E-state index is 0.0670. The summed E-state index contributed by atoms with van der Waals surface area (Å²) in [7, 11) is 3.17. The Morgan fingerprint density at radius 2 is 2.00 bits per heavy atom. The summed E-state index contributed by atoms with van der Waals surface area (Å²) in [6.45, 7) is 1.08. The molecule has 0 radical (unpaired) electrons. The lowest BCUT2D eigenvalue weighted by molar-refractivity contribution is 0.229. The van der Waals surface area contributed by atoms with Crippen molar-refractivity contribution in [3.8, 4) is 0 Å². The number of aryl methyl sites for hydroxylation is 1. The topological polar surface area (TPSA) is 36.3 Å². The minimum atomic E-state index is -2.67. The lowest BCUT2D eigenvalue weighted by Gasteiger charge is -2.20. The molecule has 1 aromatic rings. The number of aromatic nitrogens is 2. The second-order valence-corrected chi connectivity index (χ2v) is 7.56. The third-order valence-corrected chi connectivity index (χ3v) is 6.01. The van der Waals surface area contributed by atoms with E-state index in [9.17, 15) is 0 Å². The fraction of sp³-hybridized carbons (Fsp3) is 0.625. The first-order valence-electron chi connectivity index (χ1n) is 4.54. The van der Waals surface area contributed by atoms with Crippen molar-refractivity contribution in [1.29, 1.82) is 0 Å². The lowest BCUT2D eigenvalue weighted by Crippen LogP contribution is -2.15. The fourth-order valence-electron chi connectivity index (χ4n) is 1.10. The maximum atomic E-state index is 6.05. The molecule has 0 spiro atoms. The summed E-state index contributed by atoms with van der Waals surface area (Å²) in [6, 6.07) is 0. The average Bonchev–Trinajstić information content (AvgIpc) is 2.45. The van der Waals surface area contributed by atoms with Crippen LogP contribution in [0.15, 0.2) is 0 Å². The van der Waals surface area contributed by atoms with Crippen LogP contribution in [0.25, 0.3) is 0 Å². The highest BCUT2D eigenvalue weighted by Crippen LogP contribution is 2.49. The molecule has 4 nitrogen and oxygen atoms in total. The van der Waals surface area contributed by atoms with Crippen LogP contribution >= 0.6 is 29.7 Å². The van der Waals surface area contributed by atoms with Gasteiger partial charge in [0, 0.05) is 14.2 Å². The summed E-state index contributed by atoms with van der Waals surface area (Å²) in [5, 5.41) is 4.78. The molecule has 0 bridgehead atoms. The zero-order chi connectivity index (χ0) is 12.5. The van der Waals surface area contributed by atoms with Gasteiger partial charge < -0.3 is 9.05 Å². The third kappa shape index (κ3) is 2.78. The molecule has 0 saturated carbocycles. The van der Waals surface area contributed by atoms with Crippen molar-refractivity contribution in [2.24, 2.45) is 7.05 Å². The zero-order valence-electron chi connectivity index (χ0n) is 9.40. The summed E-state index contributed by atoms with van der Waals surface area (Å²) in [4.78, 5) is 0. The smallest absolute Gasteiger partial charge is 0.241 e. The molecule has 0 amide bonds. The van der Waals surface area contributed by atoms with E-state index in [2.05, 4.69) is 5.10 Å². The van der Waals surface area contributed by atoms with Crippen molar-refractivity contribution >= 4 is 46.9 Å². The Bertz CT molecular complexity index is 436. The van der Waals surface area contributed by atoms with Crippen LogP contribution in [-0.2, 0) is 27.9 Å². The van der Waals surface area contributed by atoms with Crippen LogP contribution in [0.4, 0.5) is 0 Å². The molecule has 0 aromatic carbocycles. The van der Waals surface area contributed by atoms with Gasteiger partial charge in [-0.15, -0.1) is 0 Å². The molecule has 1 atom stereocenters. The number of hydrogen-bond donors (Lipinski definition) is 0. The van der Waals surface area contributed by atoms with E-state index in [1.165, 1.54) is 11.8 Å². The first-order chi connectivity index (χ1) is 7.31. The van der Waals surface area contributed by atoms with Crippen LogP contribution in [-0.4, -0.2) is 23.0 Å². The van der Waals surface area contributed by atoms with Gasteiger partial charge >= 0.3 is 0 Å². The zero-order valence-corrected chi connectivity index (χ0v) is 12.6. The molecule has 1 aromatic heterocycles. The number of nitrogens with zero attached hydrogens (tertiary/aromatic N) is 2. The van der Waals surface area contributed by atoms with Crippen molar-refractivity contribution in [3.63, 3.8) is 0 Å². The van der Waals surface area contributed by atoms with Crippen molar-refractivity contribution in [1.82, 2.24) is 9.78 Å². The molecule has 16 heavy (non-hydrogen) atoms. The van der Waals surface area contributed by atoms with Crippen LogP contribution in [0.5, 0.6) is 0 Å². The monoisotopic (exact) mass is 302 g/mol. The highest BCUT2D eigenvalue weighted by atomic mass is 35.5. The molecule has 0 aliphatic rings. The van der Waals surface area contributed by atoms with Gasteiger partial charge in [0.05, 0.1) is 6.10 Å². The Morgan fingerprint density at radius 3 is 2.31 bits per heavy atom. The summed E-state index contributed by atoms with van der Waals surface area (Å²) >= 11 is 17.3. The number of rotatable bonds is 4. The van der Waals surface area contributed by atoms with Gasteiger partial charge in [-0.05, 0) is 25.7 Å². The minimum Gasteiger partial charge on any atom is -0.328 e. The molecule has 0 N–H and O–H groups in total. The van der Waals surface area contributed by atoms with E-state index in [4.69, 9.17) is 44.1 Å². The molecule has 1 unspecified atom stereocenters. The Kier molecular flexibility index (Phi) is 4.81. The van der Waals surface area contributed by atoms with E-state index in [1.807, 2.05) is 13.8 Å². The van der Waals surface area contributed by atoms with Crippen molar-refractivity contribution in [2.45, 2.75) is 20.0 Å². The second kappa shape index (κ2) is 5.34. The maximum absolute atomic E-state index is 6.05. The van der Waals surface area contributed by atoms with Gasteiger partial charge in [0.25, 0.3) is 0 Å². The van der Waals surface area contributed by atoms with Crippen molar-refractivity contribution in [2.75, 3.05) is 7.11 Å². The highest BCUT2D eigenvalue weighted by molar-refractivity contribution is 8.13. The van der Waals surface area contributed by atoms with Crippen LogP contribution in [0.3, 0.4) is 0 Å². The van der Waals surface area contributed by atoms with E-state index >= 15 is 0 Å². The molecule has 1 rings (SSSR count). The first kappa shape index (κ1) is 14.4. The van der Waals surface area contributed by atoms with Crippen LogP contribution < -0.4 is 5.44 Å². The average molecular weight is 303 g/mol. The summed E-state index contributed by atoms with van der Waals surface area (Å²) < 4.78 is 12.3. The second-order valence-electron chi connectivity index (χ2n) is 3.39. The van der Waals surface area contributed by atoms with E-state index in [1.54, 1.807) is 7.05 Å². The maximum Gasteiger partial charge on any atom is 0.241 e. The van der Waals surface area contributed by atoms with Gasteiger partial charge in [-0.3, -0.25) is 4.68 Å². The SMILES string of the molecule is COP(=S)(OC(C)C)c1nn(C)c(Cl)c1Cl. The molecular formula is C8H13Cl2N2O2PS. The van der Waals surface area contributed by atoms with Gasteiger partial charge in [0.1, 0.15) is 10.2 Å². The van der Waals surface area contributed by atoms with Gasteiger partial charge in [0.15, 0.2) is 5.44 Å². The van der Waals surface area contributed by atoms with Crippen LogP contribution in [0.2, 0.25) is 10.2 Å². The number of hydrogen-bond acceptors (Lipinski definition) is 4. The van der Waals surface area contributed by atoms with E-state index < -0.39 is 6.49 Å². The van der Waals surface area contributed by atoms with E-state index in [0.29, 0.717) is 15.6 Å². The molecular weight excluding hydrogens is 290 g/mol. The van der Waals surface area contributed by atoms with Gasteiger partial charge in [-0.25, -0.2) is 0 Å². The quantitative estimate of drug-likeness (QED) is 0.801. The number of halogens is 2. The Labute approximate surface area is 110 Å². The molecule has 92 valence electrons. The molecule has 0 aliphatic carbocycles.